The number of rotatable bonds is 2. The summed E-state index contributed by atoms with van der Waals surface area (Å²) in [5.41, 5.74) is 3.44. The summed E-state index contributed by atoms with van der Waals surface area (Å²) in [6.07, 6.45) is 2.58. The predicted octanol–water partition coefficient (Wildman–Crippen LogP) is 2.89. The van der Waals surface area contributed by atoms with Crippen LogP contribution in [0.1, 0.15) is 35.7 Å². The molecule has 6 heterocycles. The minimum atomic E-state index is 0.326. The zero-order chi connectivity index (χ0) is 18.8. The summed E-state index contributed by atoms with van der Waals surface area (Å²) in [5.74, 6) is 3.82. The number of ether oxygens (including phenoxy) is 2. The number of piperidine rings is 3. The molecule has 4 fully saturated rings. The Hall–Kier alpha value is -2.34. The maximum atomic E-state index is 5.67. The van der Waals surface area contributed by atoms with Crippen LogP contribution in [0.15, 0.2) is 24.3 Å². The van der Waals surface area contributed by atoms with Gasteiger partial charge in [-0.1, -0.05) is 6.07 Å². The van der Waals surface area contributed by atoms with E-state index in [9.17, 15) is 0 Å². The van der Waals surface area contributed by atoms with Gasteiger partial charge < -0.3 is 14.4 Å². The van der Waals surface area contributed by atoms with Crippen LogP contribution in [-0.4, -0.2) is 53.4 Å². The molecule has 28 heavy (non-hydrogen) atoms. The molecule has 6 heteroatoms. The van der Waals surface area contributed by atoms with Crippen LogP contribution in [0.5, 0.6) is 11.5 Å². The maximum Gasteiger partial charge on any atom is 0.231 e. The number of hydrogen-bond acceptors (Lipinski definition) is 6. The van der Waals surface area contributed by atoms with E-state index < -0.39 is 0 Å². The second-order valence-electron chi connectivity index (χ2n) is 8.68. The fraction of sp³-hybridized carbons (Fsp3) is 0.545. The first kappa shape index (κ1) is 16.6. The van der Waals surface area contributed by atoms with E-state index in [1.165, 1.54) is 31.5 Å². The molecule has 5 aliphatic rings. The Morgan fingerprint density at radius 3 is 2.46 bits per heavy atom. The normalized spacial score (nSPS) is 32.6. The molecule has 0 saturated carbocycles. The SMILES string of the molecule is Cc1cc(C)nc(N2C[C@H](c3ccc4c(c3)OCO4)[C@H]3[C@@H]2C2CCN3CC2)n1. The number of nitrogens with zero attached hydrogens (tertiary/aromatic N) is 4. The van der Waals surface area contributed by atoms with Gasteiger partial charge in [0, 0.05) is 29.9 Å². The van der Waals surface area contributed by atoms with E-state index in [4.69, 9.17) is 19.4 Å². The first-order valence-electron chi connectivity index (χ1n) is 10.4. The third-order valence-corrected chi connectivity index (χ3v) is 7.05. The molecule has 0 aliphatic carbocycles. The van der Waals surface area contributed by atoms with Crippen molar-refractivity contribution in [3.63, 3.8) is 0 Å². The van der Waals surface area contributed by atoms with Gasteiger partial charge in [-0.25, -0.2) is 9.97 Å². The van der Waals surface area contributed by atoms with Gasteiger partial charge in [0.25, 0.3) is 0 Å². The molecule has 0 spiro atoms. The van der Waals surface area contributed by atoms with Crippen LogP contribution in [0, 0.1) is 19.8 Å². The number of fused-ring (bicyclic) bond motifs is 3. The monoisotopic (exact) mass is 378 g/mol. The molecule has 146 valence electrons. The lowest BCUT2D eigenvalue weighted by atomic mass is 9.75. The Morgan fingerprint density at radius 2 is 1.68 bits per heavy atom. The van der Waals surface area contributed by atoms with E-state index in [0.29, 0.717) is 24.8 Å². The Kier molecular flexibility index (Phi) is 3.60. The zero-order valence-electron chi connectivity index (χ0n) is 16.5. The van der Waals surface area contributed by atoms with Gasteiger partial charge in [0.1, 0.15) is 0 Å². The molecule has 0 unspecified atom stereocenters. The first-order valence-corrected chi connectivity index (χ1v) is 10.4. The van der Waals surface area contributed by atoms with Gasteiger partial charge in [-0.15, -0.1) is 0 Å². The van der Waals surface area contributed by atoms with Gasteiger partial charge >= 0.3 is 0 Å². The second kappa shape index (κ2) is 6.08. The molecule has 6 nitrogen and oxygen atoms in total. The summed E-state index contributed by atoms with van der Waals surface area (Å²) >= 11 is 0. The molecule has 5 aliphatic heterocycles. The van der Waals surface area contributed by atoms with Crippen LogP contribution in [0.25, 0.3) is 0 Å². The van der Waals surface area contributed by atoms with Crippen LogP contribution in [0.2, 0.25) is 0 Å². The van der Waals surface area contributed by atoms with E-state index in [-0.39, 0.29) is 0 Å². The molecule has 1 aromatic heterocycles. The van der Waals surface area contributed by atoms with Gasteiger partial charge in [-0.05, 0) is 69.5 Å². The third-order valence-electron chi connectivity index (χ3n) is 7.05. The number of aromatic nitrogens is 2. The lowest BCUT2D eigenvalue weighted by Gasteiger charge is -2.51. The van der Waals surface area contributed by atoms with Crippen molar-refractivity contribution in [2.75, 3.05) is 31.3 Å². The summed E-state index contributed by atoms with van der Waals surface area (Å²) in [4.78, 5) is 14.9. The van der Waals surface area contributed by atoms with Crippen molar-refractivity contribution in [2.24, 2.45) is 5.92 Å². The lowest BCUT2D eigenvalue weighted by molar-refractivity contribution is 0.0353. The van der Waals surface area contributed by atoms with Crippen molar-refractivity contribution in [3.8, 4) is 11.5 Å². The summed E-state index contributed by atoms with van der Waals surface area (Å²) in [6, 6.07) is 9.57. The van der Waals surface area contributed by atoms with Crippen LogP contribution in [0.4, 0.5) is 5.95 Å². The van der Waals surface area contributed by atoms with Crippen molar-refractivity contribution >= 4 is 5.95 Å². The lowest BCUT2D eigenvalue weighted by Crippen LogP contribution is -2.60. The Balaban J connectivity index is 1.42. The van der Waals surface area contributed by atoms with E-state index in [1.54, 1.807) is 0 Å². The molecular formula is C22H26N4O2. The Bertz CT molecular complexity index is 904. The molecule has 0 N–H and O–H groups in total. The largest absolute Gasteiger partial charge is 0.454 e. The van der Waals surface area contributed by atoms with E-state index >= 15 is 0 Å². The van der Waals surface area contributed by atoms with Gasteiger partial charge in [-0.2, -0.15) is 0 Å². The van der Waals surface area contributed by atoms with Gasteiger partial charge in [0.05, 0.1) is 6.04 Å². The van der Waals surface area contributed by atoms with Crippen molar-refractivity contribution in [3.05, 3.63) is 41.2 Å². The van der Waals surface area contributed by atoms with Crippen molar-refractivity contribution in [2.45, 2.75) is 44.7 Å². The quantitative estimate of drug-likeness (QED) is 0.801. The van der Waals surface area contributed by atoms with E-state index in [1.807, 2.05) is 0 Å². The number of benzene rings is 1. The molecule has 3 atom stereocenters. The van der Waals surface area contributed by atoms with Gasteiger partial charge in [-0.3, -0.25) is 4.90 Å². The van der Waals surface area contributed by atoms with Crippen LogP contribution in [0.3, 0.4) is 0 Å². The topological polar surface area (TPSA) is 50.7 Å². The van der Waals surface area contributed by atoms with E-state index in [2.05, 4.69) is 47.9 Å². The zero-order valence-corrected chi connectivity index (χ0v) is 16.5. The van der Waals surface area contributed by atoms with Gasteiger partial charge in [0.15, 0.2) is 11.5 Å². The van der Waals surface area contributed by atoms with Crippen LogP contribution in [-0.2, 0) is 0 Å². The molecule has 2 aromatic rings. The van der Waals surface area contributed by atoms with Crippen molar-refractivity contribution in [1.82, 2.24) is 14.9 Å². The Labute approximate surface area is 165 Å². The summed E-state index contributed by atoms with van der Waals surface area (Å²) in [7, 11) is 0. The highest BCUT2D eigenvalue weighted by Crippen LogP contribution is 2.48. The van der Waals surface area contributed by atoms with Crippen molar-refractivity contribution in [1.29, 1.82) is 0 Å². The number of hydrogen-bond donors (Lipinski definition) is 0. The molecule has 7 rings (SSSR count). The smallest absolute Gasteiger partial charge is 0.231 e. The second-order valence-corrected chi connectivity index (χ2v) is 8.68. The first-order chi connectivity index (χ1) is 13.7. The highest BCUT2D eigenvalue weighted by molar-refractivity contribution is 5.49. The maximum absolute atomic E-state index is 5.67. The van der Waals surface area contributed by atoms with Crippen LogP contribution >= 0.6 is 0 Å². The minimum absolute atomic E-state index is 0.326. The summed E-state index contributed by atoms with van der Waals surface area (Å²) in [5, 5.41) is 0. The summed E-state index contributed by atoms with van der Waals surface area (Å²) in [6.45, 7) is 7.86. The third kappa shape index (κ3) is 2.43. The fourth-order valence-electron chi connectivity index (χ4n) is 5.92. The number of aryl methyl sites for hydroxylation is 2. The molecule has 0 radical (unpaired) electrons. The molecule has 1 aromatic carbocycles. The standard InChI is InChI=1S/C22H26N4O2/c1-13-9-14(2)24-22(23-13)26-11-17(16-3-4-18-19(10-16)28-12-27-18)21-20(26)15-5-7-25(21)8-6-15/h3-4,9-10,15,17,20-21H,5-8,11-12H2,1-2H3/t17-,20+,21+/m1/s1. The minimum Gasteiger partial charge on any atom is -0.454 e. The molecular weight excluding hydrogens is 352 g/mol. The highest BCUT2D eigenvalue weighted by atomic mass is 16.7. The highest BCUT2D eigenvalue weighted by Gasteiger charge is 2.54. The van der Waals surface area contributed by atoms with E-state index in [0.717, 1.165) is 41.3 Å². The Morgan fingerprint density at radius 1 is 0.929 bits per heavy atom. The number of anilines is 1. The molecule has 4 saturated heterocycles. The predicted molar refractivity (Wildman–Crippen MR) is 106 cm³/mol. The molecule has 0 amide bonds. The average molecular weight is 378 g/mol. The molecule has 2 bridgehead atoms. The average Bonchev–Trinajstić information content (AvgIpc) is 3.33. The fourth-order valence-corrected chi connectivity index (χ4v) is 5.92. The van der Waals surface area contributed by atoms with Crippen molar-refractivity contribution < 1.29 is 9.47 Å². The summed E-state index contributed by atoms with van der Waals surface area (Å²) < 4.78 is 11.2. The van der Waals surface area contributed by atoms with Gasteiger partial charge in [0.2, 0.25) is 12.7 Å². The van der Waals surface area contributed by atoms with Crippen LogP contribution < -0.4 is 14.4 Å².